The van der Waals surface area contributed by atoms with Crippen LogP contribution in [0.3, 0.4) is 0 Å². The number of aliphatic hydroxyl groups excluding tert-OH is 1. The number of hydrogen-bond acceptors (Lipinski definition) is 6. The van der Waals surface area contributed by atoms with Crippen LogP contribution in [0.1, 0.15) is 40.1 Å². The van der Waals surface area contributed by atoms with E-state index in [2.05, 4.69) is 9.97 Å². The minimum absolute atomic E-state index is 0.123. The predicted octanol–water partition coefficient (Wildman–Crippen LogP) is 3.44. The Morgan fingerprint density at radius 3 is 2.64 bits per heavy atom. The molecule has 0 radical (unpaired) electrons. The maximum Gasteiger partial charge on any atom is 0.259 e. The number of hydrogen-bond donors (Lipinski definition) is 1. The van der Waals surface area contributed by atoms with Gasteiger partial charge < -0.3 is 19.6 Å². The summed E-state index contributed by atoms with van der Waals surface area (Å²) in [5.41, 5.74) is 3.75. The van der Waals surface area contributed by atoms with Gasteiger partial charge in [0, 0.05) is 49.2 Å². The highest BCUT2D eigenvalue weighted by Crippen LogP contribution is 2.31. The number of rotatable bonds is 6. The number of carbonyl (C=O) groups excluding carboxylic acids is 2. The molecule has 0 unspecified atom stereocenters. The van der Waals surface area contributed by atoms with Gasteiger partial charge in [0.15, 0.2) is 0 Å². The van der Waals surface area contributed by atoms with Crippen LogP contribution in [0, 0.1) is 12.8 Å². The molecule has 0 saturated heterocycles. The lowest BCUT2D eigenvalue weighted by Gasteiger charge is -2.37. The first-order valence-corrected chi connectivity index (χ1v) is 12.1. The number of carbonyl (C=O) groups is 2. The molecule has 1 aromatic carbocycles. The summed E-state index contributed by atoms with van der Waals surface area (Å²) >= 11 is 0. The number of likely N-dealkylation sites (N-methyl/N-ethyl adjacent to an activating group) is 1. The van der Waals surface area contributed by atoms with Gasteiger partial charge in [0.2, 0.25) is 5.88 Å². The molecule has 0 saturated carbocycles. The maximum absolute atomic E-state index is 13.7. The number of aromatic nitrogens is 2. The Morgan fingerprint density at radius 1 is 1.22 bits per heavy atom. The summed E-state index contributed by atoms with van der Waals surface area (Å²) < 4.78 is 6.33. The van der Waals surface area contributed by atoms with Crippen molar-refractivity contribution < 1.29 is 19.4 Å². The Morgan fingerprint density at radius 2 is 1.94 bits per heavy atom. The SMILES string of the molecule is Cc1ccccc1-c1cnc2c(c1)C(=O)N([C@H](C)CO)C[C@@H](C)[C@H](CN(C)C(=O)c1ccncc1)O2. The third-order valence-electron chi connectivity index (χ3n) is 6.70. The van der Waals surface area contributed by atoms with Crippen LogP contribution in [0.25, 0.3) is 11.1 Å². The Kier molecular flexibility index (Phi) is 7.64. The number of aryl methyl sites for hydroxylation is 1. The molecule has 36 heavy (non-hydrogen) atoms. The van der Waals surface area contributed by atoms with Gasteiger partial charge in [-0.1, -0.05) is 31.2 Å². The fourth-order valence-corrected chi connectivity index (χ4v) is 4.43. The van der Waals surface area contributed by atoms with E-state index in [-0.39, 0.29) is 36.3 Å². The average Bonchev–Trinajstić information content (AvgIpc) is 2.90. The molecule has 3 atom stereocenters. The summed E-state index contributed by atoms with van der Waals surface area (Å²) in [6.07, 6.45) is 4.46. The second-order valence-electron chi connectivity index (χ2n) is 9.44. The molecule has 0 spiro atoms. The highest BCUT2D eigenvalue weighted by molar-refractivity contribution is 5.98. The summed E-state index contributed by atoms with van der Waals surface area (Å²) in [4.78, 5) is 38.4. The lowest BCUT2D eigenvalue weighted by atomic mass is 9.98. The van der Waals surface area contributed by atoms with Gasteiger partial charge in [0.1, 0.15) is 11.7 Å². The highest BCUT2D eigenvalue weighted by atomic mass is 16.5. The van der Waals surface area contributed by atoms with E-state index in [0.717, 1.165) is 16.7 Å². The minimum Gasteiger partial charge on any atom is -0.472 e. The summed E-state index contributed by atoms with van der Waals surface area (Å²) in [6, 6.07) is 12.7. The first kappa shape index (κ1) is 25.3. The van der Waals surface area contributed by atoms with Crippen molar-refractivity contribution in [1.29, 1.82) is 0 Å². The largest absolute Gasteiger partial charge is 0.472 e. The van der Waals surface area contributed by atoms with Crippen molar-refractivity contribution in [2.24, 2.45) is 5.92 Å². The predicted molar refractivity (Wildman–Crippen MR) is 137 cm³/mol. The zero-order chi connectivity index (χ0) is 25.8. The second-order valence-corrected chi connectivity index (χ2v) is 9.44. The van der Waals surface area contributed by atoms with E-state index in [1.54, 1.807) is 47.6 Å². The molecule has 1 N–H and O–H groups in total. The molecular weight excluding hydrogens is 456 g/mol. The zero-order valence-electron chi connectivity index (χ0n) is 21.1. The molecular formula is C28H32N4O4. The first-order chi connectivity index (χ1) is 17.3. The summed E-state index contributed by atoms with van der Waals surface area (Å²) in [7, 11) is 1.73. The maximum atomic E-state index is 13.7. The molecule has 1 aliphatic rings. The third kappa shape index (κ3) is 5.23. The Balaban J connectivity index is 1.70. The second kappa shape index (κ2) is 10.9. The van der Waals surface area contributed by atoms with E-state index < -0.39 is 6.10 Å². The van der Waals surface area contributed by atoms with Crippen LogP contribution < -0.4 is 4.74 Å². The number of aliphatic hydroxyl groups is 1. The summed E-state index contributed by atoms with van der Waals surface area (Å²) in [5.74, 6) is -0.272. The third-order valence-corrected chi connectivity index (χ3v) is 6.70. The van der Waals surface area contributed by atoms with Crippen molar-refractivity contribution in [2.75, 3.05) is 26.7 Å². The topological polar surface area (TPSA) is 95.9 Å². The number of fused-ring (bicyclic) bond motifs is 1. The van der Waals surface area contributed by atoms with E-state index in [9.17, 15) is 14.7 Å². The summed E-state index contributed by atoms with van der Waals surface area (Å²) in [5, 5.41) is 9.88. The zero-order valence-corrected chi connectivity index (χ0v) is 21.1. The van der Waals surface area contributed by atoms with Crippen LogP contribution in [0.4, 0.5) is 0 Å². The van der Waals surface area contributed by atoms with Crippen molar-refractivity contribution in [3.63, 3.8) is 0 Å². The van der Waals surface area contributed by atoms with Crippen molar-refractivity contribution in [3.05, 3.63) is 77.7 Å². The van der Waals surface area contributed by atoms with Crippen molar-refractivity contribution in [2.45, 2.75) is 32.9 Å². The smallest absolute Gasteiger partial charge is 0.259 e. The fourth-order valence-electron chi connectivity index (χ4n) is 4.43. The van der Waals surface area contributed by atoms with Crippen LogP contribution in [0.5, 0.6) is 5.88 Å². The van der Waals surface area contributed by atoms with Crippen molar-refractivity contribution >= 4 is 11.8 Å². The van der Waals surface area contributed by atoms with Gasteiger partial charge in [-0.25, -0.2) is 4.98 Å². The first-order valence-electron chi connectivity index (χ1n) is 12.1. The monoisotopic (exact) mass is 488 g/mol. The van der Waals surface area contributed by atoms with Crippen molar-refractivity contribution in [1.82, 2.24) is 19.8 Å². The number of amides is 2. The fraction of sp³-hybridized carbons (Fsp3) is 0.357. The molecule has 0 bridgehead atoms. The Bertz CT molecular complexity index is 1230. The average molecular weight is 489 g/mol. The minimum atomic E-state index is -0.419. The molecule has 1 aliphatic heterocycles. The van der Waals surface area contributed by atoms with Gasteiger partial charge in [-0.2, -0.15) is 0 Å². The van der Waals surface area contributed by atoms with E-state index in [0.29, 0.717) is 24.2 Å². The Hall–Kier alpha value is -3.78. The van der Waals surface area contributed by atoms with Crippen LogP contribution in [-0.2, 0) is 0 Å². The number of benzene rings is 1. The standard InChI is InChI=1S/C28H32N4O4/c1-18-7-5-6-8-23(18)22-13-24-26(30-14-22)36-25(19(2)15-32(28(24)35)20(3)17-33)16-31(4)27(34)21-9-11-29-12-10-21/h5-14,19-20,25,33H,15-17H2,1-4H3/t19-,20-,25+/m1/s1. The van der Waals surface area contributed by atoms with E-state index in [4.69, 9.17) is 4.74 Å². The molecule has 8 heteroatoms. The van der Waals surface area contributed by atoms with Gasteiger partial charge in [-0.3, -0.25) is 14.6 Å². The number of ether oxygens (including phenoxy) is 1. The quantitative estimate of drug-likeness (QED) is 0.571. The lowest BCUT2D eigenvalue weighted by molar-refractivity contribution is 0.0313. The molecule has 8 nitrogen and oxygen atoms in total. The Labute approximate surface area is 211 Å². The molecule has 3 aromatic rings. The molecule has 2 amide bonds. The number of nitrogens with zero attached hydrogens (tertiary/aromatic N) is 4. The summed E-state index contributed by atoms with van der Waals surface area (Å²) in [6.45, 7) is 6.32. The van der Waals surface area contributed by atoms with Crippen molar-refractivity contribution in [3.8, 4) is 17.0 Å². The van der Waals surface area contributed by atoms with Crippen LogP contribution in [0.2, 0.25) is 0 Å². The van der Waals surface area contributed by atoms with Crippen LogP contribution in [-0.4, -0.2) is 75.6 Å². The van der Waals surface area contributed by atoms with Gasteiger partial charge in [0.25, 0.3) is 11.8 Å². The van der Waals surface area contributed by atoms with Gasteiger partial charge in [0.05, 0.1) is 19.2 Å². The van der Waals surface area contributed by atoms with E-state index in [1.807, 2.05) is 51.1 Å². The van der Waals surface area contributed by atoms with E-state index >= 15 is 0 Å². The van der Waals surface area contributed by atoms with E-state index in [1.165, 1.54) is 0 Å². The van der Waals surface area contributed by atoms with Gasteiger partial charge in [-0.15, -0.1) is 0 Å². The van der Waals surface area contributed by atoms with Gasteiger partial charge >= 0.3 is 0 Å². The van der Waals surface area contributed by atoms with Gasteiger partial charge in [-0.05, 0) is 43.2 Å². The molecule has 3 heterocycles. The normalized spacial score (nSPS) is 18.5. The molecule has 188 valence electrons. The molecule has 4 rings (SSSR count). The highest BCUT2D eigenvalue weighted by Gasteiger charge is 2.35. The number of pyridine rings is 2. The molecule has 2 aromatic heterocycles. The van der Waals surface area contributed by atoms with Crippen LogP contribution in [0.15, 0.2) is 61.1 Å². The molecule has 0 aliphatic carbocycles. The van der Waals surface area contributed by atoms with Crippen LogP contribution >= 0.6 is 0 Å². The molecule has 0 fully saturated rings. The lowest BCUT2D eigenvalue weighted by Crippen LogP contribution is -2.50.